The molecular formula is C26H34N5O16P. The number of para-hydroxylation sites is 1. The Labute approximate surface area is 271 Å². The van der Waals surface area contributed by atoms with Crippen molar-refractivity contribution in [2.75, 3.05) is 26.6 Å². The largest absolute Gasteiger partial charge is 0.651 e. The number of aliphatic hydroxyl groups is 2. The molecule has 0 radical (unpaired) electrons. The first-order valence-corrected chi connectivity index (χ1v) is 15.2. The maximum absolute atomic E-state index is 13.6. The van der Waals surface area contributed by atoms with Gasteiger partial charge < -0.3 is 53.8 Å². The molecule has 1 aromatic carbocycles. The number of phosphoric ester groups is 1. The number of phosphoric acid groups is 1. The second-order valence-corrected chi connectivity index (χ2v) is 11.6. The van der Waals surface area contributed by atoms with Crippen molar-refractivity contribution in [3.63, 3.8) is 0 Å². The van der Waals surface area contributed by atoms with Crippen LogP contribution < -0.4 is 26.9 Å². The summed E-state index contributed by atoms with van der Waals surface area (Å²) in [6, 6.07) is 4.80. The number of hydroxylamine groups is 2. The highest BCUT2D eigenvalue weighted by molar-refractivity contribution is 7.50. The fourth-order valence-corrected chi connectivity index (χ4v) is 5.39. The summed E-state index contributed by atoms with van der Waals surface area (Å²) >= 11 is 0. The molecule has 1 aromatic heterocycles. The minimum Gasteiger partial charge on any atom is -0.481 e. The molecule has 7 atom stereocenters. The molecule has 21 nitrogen and oxygen atoms in total. The van der Waals surface area contributed by atoms with Crippen LogP contribution in [0.5, 0.6) is 5.75 Å². The molecule has 3 rings (SSSR count). The zero-order valence-electron chi connectivity index (χ0n) is 25.6. The Morgan fingerprint density at radius 2 is 1.65 bits per heavy atom. The first-order valence-electron chi connectivity index (χ1n) is 13.8. The van der Waals surface area contributed by atoms with Gasteiger partial charge in [0, 0.05) is 6.20 Å². The van der Waals surface area contributed by atoms with Crippen molar-refractivity contribution < 1.29 is 71.8 Å². The zero-order chi connectivity index (χ0) is 35.6. The van der Waals surface area contributed by atoms with Crippen LogP contribution in [0.2, 0.25) is 0 Å². The van der Waals surface area contributed by atoms with Gasteiger partial charge in [0.2, 0.25) is 0 Å². The number of nitrogens with zero attached hydrogens (tertiary/aromatic N) is 2. The number of anilines is 1. The zero-order valence-corrected chi connectivity index (χ0v) is 26.5. The number of carboxylic acids is 1. The Balaban J connectivity index is 1.71. The fourth-order valence-electron chi connectivity index (χ4n) is 4.20. The van der Waals surface area contributed by atoms with Crippen LogP contribution in [0, 0.1) is 0 Å². The van der Waals surface area contributed by atoms with Gasteiger partial charge in [0.25, 0.3) is 0 Å². The summed E-state index contributed by atoms with van der Waals surface area (Å²) in [5.74, 6) is -5.88. The van der Waals surface area contributed by atoms with Crippen LogP contribution in [0.3, 0.4) is 0 Å². The van der Waals surface area contributed by atoms with Gasteiger partial charge in [0.15, 0.2) is 6.23 Å². The van der Waals surface area contributed by atoms with Crippen LogP contribution in [0.25, 0.3) is 0 Å². The number of hydrogen-bond donors (Lipinski definition) is 6. The van der Waals surface area contributed by atoms with Gasteiger partial charge >= 0.3 is 37.4 Å². The third-order valence-electron chi connectivity index (χ3n) is 6.47. The molecular weight excluding hydrogens is 669 g/mol. The number of benzene rings is 1. The second kappa shape index (κ2) is 16.6. The number of nitrogen functional groups attached to an aromatic ring is 1. The Bertz CT molecular complexity index is 1560. The average molecular weight is 704 g/mol. The number of aliphatic carboxylic acids is 1. The van der Waals surface area contributed by atoms with Crippen molar-refractivity contribution in [2.24, 2.45) is 0 Å². The Morgan fingerprint density at radius 3 is 2.19 bits per heavy atom. The van der Waals surface area contributed by atoms with Crippen LogP contribution in [-0.4, -0.2) is 99.5 Å². The number of aromatic nitrogens is 2. The summed E-state index contributed by atoms with van der Waals surface area (Å²) in [6.45, 7) is 0.503. The van der Waals surface area contributed by atoms with E-state index in [0.717, 1.165) is 18.8 Å². The van der Waals surface area contributed by atoms with Crippen LogP contribution >= 0.6 is 7.82 Å². The number of esters is 1. The lowest BCUT2D eigenvalue weighted by Crippen LogP contribution is -2.46. The van der Waals surface area contributed by atoms with Gasteiger partial charge in [-0.2, -0.15) is 20.5 Å². The smallest absolute Gasteiger partial charge is 0.481 e. The maximum Gasteiger partial charge on any atom is 0.651 e. The lowest BCUT2D eigenvalue weighted by Gasteiger charge is -2.27. The number of ether oxygens (including phenoxy) is 2. The SMILES string of the molecule is CON[C@@H](CC(=O)O)C(=O)OP(=O)(OC(=O)[C@H](CC(=O)OC[C@H]1O[C@@H](n2ccc(N)nc2=O)[C@](C)(O)[C@@H]1O)NOC)Oc1ccccc1. The van der Waals surface area contributed by atoms with E-state index in [1.54, 1.807) is 6.07 Å². The number of carbonyl (C=O) groups excluding carboxylic acids is 3. The van der Waals surface area contributed by atoms with Crippen LogP contribution in [0.15, 0.2) is 47.4 Å². The van der Waals surface area contributed by atoms with E-state index in [4.69, 9.17) is 38.7 Å². The lowest BCUT2D eigenvalue weighted by atomic mass is 9.96. The quantitative estimate of drug-likeness (QED) is 0.0624. The van der Waals surface area contributed by atoms with Crippen molar-refractivity contribution in [3.8, 4) is 5.75 Å². The molecule has 2 heterocycles. The summed E-state index contributed by atoms with van der Waals surface area (Å²) < 4.78 is 40.1. The van der Waals surface area contributed by atoms with E-state index in [1.807, 2.05) is 0 Å². The summed E-state index contributed by atoms with van der Waals surface area (Å²) in [5, 5.41) is 30.6. The van der Waals surface area contributed by atoms with Crippen LogP contribution in [0.4, 0.5) is 5.82 Å². The number of nitrogens with one attached hydrogen (secondary N) is 2. The number of rotatable bonds is 17. The Morgan fingerprint density at radius 1 is 1.06 bits per heavy atom. The normalized spacial score (nSPS) is 22.9. The Kier molecular flexibility index (Phi) is 13.1. The molecule has 0 aliphatic carbocycles. The first-order chi connectivity index (χ1) is 22.6. The van der Waals surface area contributed by atoms with E-state index < -0.39 is 93.0 Å². The molecule has 48 heavy (non-hydrogen) atoms. The molecule has 1 saturated heterocycles. The molecule has 2 aromatic rings. The molecule has 1 aliphatic heterocycles. The average Bonchev–Trinajstić information content (AvgIpc) is 3.23. The molecule has 264 valence electrons. The van der Waals surface area contributed by atoms with Crippen LogP contribution in [-0.2, 0) is 51.9 Å². The van der Waals surface area contributed by atoms with Crippen molar-refractivity contribution in [2.45, 2.75) is 55.9 Å². The number of carbonyl (C=O) groups is 4. The first kappa shape index (κ1) is 38.0. The fraction of sp³-hybridized carbons (Fsp3) is 0.462. The molecule has 1 aliphatic rings. The predicted molar refractivity (Wildman–Crippen MR) is 156 cm³/mol. The van der Waals surface area contributed by atoms with Gasteiger partial charge in [0.1, 0.15) is 48.1 Å². The second-order valence-electron chi connectivity index (χ2n) is 10.1. The minimum atomic E-state index is -5.25. The molecule has 1 unspecified atom stereocenters. The van der Waals surface area contributed by atoms with Gasteiger partial charge in [-0.1, -0.05) is 18.2 Å². The third-order valence-corrected chi connectivity index (χ3v) is 7.71. The van der Waals surface area contributed by atoms with Gasteiger partial charge in [0.05, 0.1) is 27.1 Å². The summed E-state index contributed by atoms with van der Waals surface area (Å²) in [4.78, 5) is 74.8. The highest BCUT2D eigenvalue weighted by Gasteiger charge is 2.54. The van der Waals surface area contributed by atoms with E-state index in [2.05, 4.69) is 20.8 Å². The number of nitrogens with two attached hydrogens (primary N) is 1. The monoisotopic (exact) mass is 703 g/mol. The lowest BCUT2D eigenvalue weighted by molar-refractivity contribution is -0.157. The highest BCUT2D eigenvalue weighted by Crippen LogP contribution is 2.50. The van der Waals surface area contributed by atoms with E-state index >= 15 is 0 Å². The van der Waals surface area contributed by atoms with Crippen molar-refractivity contribution in [1.29, 1.82) is 0 Å². The highest BCUT2D eigenvalue weighted by atomic mass is 31.2. The number of carboxylic acid groups (broad SMARTS) is 1. The molecule has 0 saturated carbocycles. The van der Waals surface area contributed by atoms with E-state index in [0.29, 0.717) is 0 Å². The van der Waals surface area contributed by atoms with E-state index in [-0.39, 0.29) is 11.6 Å². The van der Waals surface area contributed by atoms with E-state index in [9.17, 15) is 38.8 Å². The van der Waals surface area contributed by atoms with Gasteiger partial charge in [-0.25, -0.2) is 14.4 Å². The number of aliphatic hydroxyl groups excluding tert-OH is 1. The number of hydrogen-bond acceptors (Lipinski definition) is 19. The van der Waals surface area contributed by atoms with Crippen LogP contribution in [0.1, 0.15) is 26.0 Å². The topological polar surface area (TPSA) is 296 Å². The van der Waals surface area contributed by atoms with Gasteiger partial charge in [-0.05, 0) is 25.1 Å². The molecule has 1 fully saturated rings. The standard InChI is InChI=1S/C26H34N5O16P/c1-26(39)21(35)17(44-24(26)31-10-9-18(27)28-25(31)38)13-43-20(34)12-16(30-42-3)23(37)47-48(40,45-14-7-5-4-6-8-14)46-22(36)15(29-41-2)11-19(32)33/h4-10,15-17,21,24,29-30,35,39H,11-13H2,1-3H3,(H,32,33)(H2,27,28,38)/t15-,16-,17+,21+,24+,26+,48?/m0/s1. The van der Waals surface area contributed by atoms with Crippen molar-refractivity contribution in [1.82, 2.24) is 20.5 Å². The van der Waals surface area contributed by atoms with Crippen molar-refractivity contribution >= 4 is 37.5 Å². The van der Waals surface area contributed by atoms with E-state index in [1.165, 1.54) is 43.5 Å². The summed E-state index contributed by atoms with van der Waals surface area (Å²) in [7, 11) is -3.11. The maximum atomic E-state index is 13.6. The molecule has 22 heteroatoms. The van der Waals surface area contributed by atoms with Gasteiger partial charge in [-0.3, -0.25) is 14.2 Å². The molecule has 0 bridgehead atoms. The minimum absolute atomic E-state index is 0.0932. The van der Waals surface area contributed by atoms with Gasteiger partial charge in [-0.15, -0.1) is 0 Å². The Hall–Kier alpha value is -4.47. The summed E-state index contributed by atoms with van der Waals surface area (Å²) in [6.07, 6.45) is -5.07. The molecule has 0 spiro atoms. The molecule has 7 N–H and O–H groups in total. The van der Waals surface area contributed by atoms with Crippen molar-refractivity contribution in [3.05, 3.63) is 53.1 Å². The predicted octanol–water partition coefficient (Wildman–Crippen LogP) is -1.44. The third kappa shape index (κ3) is 10.0. The summed E-state index contributed by atoms with van der Waals surface area (Å²) in [5.41, 5.74) is 6.73. The molecule has 0 amide bonds.